The van der Waals surface area contributed by atoms with Crippen LogP contribution < -0.4 is 9.03 Å². The molecule has 158 valence electrons. The van der Waals surface area contributed by atoms with Crippen LogP contribution in [0.15, 0.2) is 69.1 Å². The van der Waals surface area contributed by atoms with Gasteiger partial charge >= 0.3 is 0 Å². The van der Waals surface area contributed by atoms with E-state index in [0.717, 1.165) is 24.0 Å². The number of anilines is 2. The molecule has 0 amide bonds. The Kier molecular flexibility index (Phi) is 5.61. The Morgan fingerprint density at radius 1 is 1.03 bits per heavy atom. The average molecular weight is 463 g/mol. The minimum Gasteiger partial charge on any atom is -0.280 e. The van der Waals surface area contributed by atoms with E-state index in [-0.39, 0.29) is 9.10 Å². The molecule has 1 aromatic heterocycles. The molecule has 3 aromatic rings. The Balaban J connectivity index is 1.67. The van der Waals surface area contributed by atoms with Crippen LogP contribution in [-0.4, -0.2) is 23.4 Å². The third-order valence-electron chi connectivity index (χ3n) is 5.09. The van der Waals surface area contributed by atoms with Gasteiger partial charge in [0, 0.05) is 6.54 Å². The second kappa shape index (κ2) is 8.05. The minimum atomic E-state index is -3.78. The first-order valence-corrected chi connectivity index (χ1v) is 13.4. The zero-order valence-corrected chi connectivity index (χ0v) is 18.9. The van der Waals surface area contributed by atoms with Crippen molar-refractivity contribution >= 4 is 42.8 Å². The second-order valence-corrected chi connectivity index (χ2v) is 11.8. The van der Waals surface area contributed by atoms with E-state index < -0.39 is 20.0 Å². The molecular weight excluding hydrogens is 440 g/mol. The van der Waals surface area contributed by atoms with Crippen molar-refractivity contribution in [3.8, 4) is 0 Å². The third kappa shape index (κ3) is 3.97. The average Bonchev–Trinajstić information content (AvgIpc) is 3.29. The highest BCUT2D eigenvalue weighted by Crippen LogP contribution is 2.35. The van der Waals surface area contributed by atoms with Gasteiger partial charge in [0.25, 0.3) is 20.0 Å². The smallest absolute Gasteiger partial charge is 0.273 e. The van der Waals surface area contributed by atoms with E-state index in [1.165, 1.54) is 15.6 Å². The molecule has 0 fully saturated rings. The van der Waals surface area contributed by atoms with Crippen LogP contribution in [-0.2, 0) is 32.9 Å². The summed E-state index contributed by atoms with van der Waals surface area (Å²) >= 11 is 1.17. The predicted molar refractivity (Wildman–Crippen MR) is 120 cm³/mol. The van der Waals surface area contributed by atoms with Crippen LogP contribution in [0.5, 0.6) is 0 Å². The van der Waals surface area contributed by atoms with Gasteiger partial charge in [0.05, 0.1) is 16.3 Å². The van der Waals surface area contributed by atoms with Crippen molar-refractivity contribution in [3.63, 3.8) is 0 Å². The molecule has 4 rings (SSSR count). The van der Waals surface area contributed by atoms with Crippen molar-refractivity contribution in [2.75, 3.05) is 15.6 Å². The lowest BCUT2D eigenvalue weighted by molar-refractivity contribution is 0.588. The molecule has 0 aliphatic carbocycles. The standard InChI is InChI=1S/C21H22N2O4S3/c1-2-16-7-11-19(12-8-16)29(24,25)22-18-10-9-17-5-3-13-23(20(17)15-18)30(26,27)21-6-4-14-28-21/h4,6-12,14-15,22H,2-3,5,13H2,1H3. The van der Waals surface area contributed by atoms with Crippen molar-refractivity contribution in [2.24, 2.45) is 0 Å². The number of hydrogen-bond acceptors (Lipinski definition) is 5. The van der Waals surface area contributed by atoms with E-state index in [0.29, 0.717) is 24.3 Å². The van der Waals surface area contributed by atoms with E-state index in [4.69, 9.17) is 0 Å². The topological polar surface area (TPSA) is 83.6 Å². The van der Waals surface area contributed by atoms with E-state index in [1.54, 1.807) is 60.0 Å². The Hall–Kier alpha value is -2.36. The number of nitrogens with zero attached hydrogens (tertiary/aromatic N) is 1. The van der Waals surface area contributed by atoms with Gasteiger partial charge in [0.2, 0.25) is 0 Å². The maximum Gasteiger partial charge on any atom is 0.273 e. The van der Waals surface area contributed by atoms with Crippen LogP contribution >= 0.6 is 11.3 Å². The molecule has 0 saturated heterocycles. The summed E-state index contributed by atoms with van der Waals surface area (Å²) in [6, 6.07) is 15.1. The predicted octanol–water partition coefficient (Wildman–Crippen LogP) is 4.25. The van der Waals surface area contributed by atoms with Gasteiger partial charge in [-0.2, -0.15) is 0 Å². The number of hydrogen-bond donors (Lipinski definition) is 1. The number of thiophene rings is 1. The Labute approximate surface area is 181 Å². The quantitative estimate of drug-likeness (QED) is 0.594. The van der Waals surface area contributed by atoms with Crippen molar-refractivity contribution < 1.29 is 16.8 Å². The SMILES string of the molecule is CCc1ccc(S(=O)(=O)Nc2ccc3c(c2)N(S(=O)(=O)c2cccs2)CCC3)cc1. The van der Waals surface area contributed by atoms with Crippen LogP contribution in [0, 0.1) is 0 Å². The van der Waals surface area contributed by atoms with Crippen LogP contribution in [0.4, 0.5) is 11.4 Å². The summed E-state index contributed by atoms with van der Waals surface area (Å²) in [7, 11) is -7.45. The normalized spacial score (nSPS) is 14.4. The lowest BCUT2D eigenvalue weighted by atomic mass is 10.0. The molecule has 0 unspecified atom stereocenters. The first-order valence-electron chi connectivity index (χ1n) is 9.62. The summed E-state index contributed by atoms with van der Waals surface area (Å²) in [5.74, 6) is 0. The molecule has 0 radical (unpaired) electrons. The number of aryl methyl sites for hydroxylation is 2. The molecule has 9 heteroatoms. The summed E-state index contributed by atoms with van der Waals surface area (Å²) in [6.07, 6.45) is 2.29. The highest BCUT2D eigenvalue weighted by Gasteiger charge is 2.30. The number of fused-ring (bicyclic) bond motifs is 1. The van der Waals surface area contributed by atoms with E-state index >= 15 is 0 Å². The molecule has 0 bridgehead atoms. The molecular formula is C21H22N2O4S3. The summed E-state index contributed by atoms with van der Waals surface area (Å²) in [5.41, 5.74) is 2.80. The lowest BCUT2D eigenvalue weighted by Gasteiger charge is -2.30. The molecule has 6 nitrogen and oxygen atoms in total. The van der Waals surface area contributed by atoms with Crippen LogP contribution in [0.2, 0.25) is 0 Å². The molecule has 1 aliphatic rings. The Morgan fingerprint density at radius 2 is 1.80 bits per heavy atom. The van der Waals surface area contributed by atoms with Crippen molar-refractivity contribution in [2.45, 2.75) is 35.3 Å². The number of benzene rings is 2. The lowest BCUT2D eigenvalue weighted by Crippen LogP contribution is -2.35. The fourth-order valence-corrected chi connectivity index (χ4v) is 7.18. The van der Waals surface area contributed by atoms with E-state index in [1.807, 2.05) is 6.92 Å². The fourth-order valence-electron chi connectivity index (χ4n) is 3.49. The van der Waals surface area contributed by atoms with Crippen molar-refractivity contribution in [3.05, 3.63) is 71.1 Å². The zero-order chi connectivity index (χ0) is 21.4. The molecule has 0 saturated carbocycles. The van der Waals surface area contributed by atoms with Gasteiger partial charge in [0.15, 0.2) is 0 Å². The van der Waals surface area contributed by atoms with Gasteiger partial charge in [0.1, 0.15) is 4.21 Å². The Morgan fingerprint density at radius 3 is 2.47 bits per heavy atom. The zero-order valence-electron chi connectivity index (χ0n) is 16.4. The highest BCUT2D eigenvalue weighted by molar-refractivity contribution is 7.94. The number of nitrogens with one attached hydrogen (secondary N) is 1. The van der Waals surface area contributed by atoms with E-state index in [2.05, 4.69) is 4.72 Å². The van der Waals surface area contributed by atoms with Gasteiger partial charge in [-0.3, -0.25) is 9.03 Å². The summed E-state index contributed by atoms with van der Waals surface area (Å²) in [4.78, 5) is 0.167. The first kappa shape index (κ1) is 20.9. The molecule has 0 atom stereocenters. The van der Waals surface area contributed by atoms with Crippen molar-refractivity contribution in [1.82, 2.24) is 0 Å². The monoisotopic (exact) mass is 462 g/mol. The van der Waals surface area contributed by atoms with E-state index in [9.17, 15) is 16.8 Å². The molecule has 2 aromatic carbocycles. The maximum absolute atomic E-state index is 13.1. The molecule has 2 heterocycles. The first-order chi connectivity index (χ1) is 14.3. The fraction of sp³-hybridized carbons (Fsp3) is 0.238. The summed E-state index contributed by atoms with van der Waals surface area (Å²) in [6.45, 7) is 2.37. The molecule has 1 aliphatic heterocycles. The Bertz CT molecular complexity index is 1250. The summed E-state index contributed by atoms with van der Waals surface area (Å²) in [5, 5.41) is 1.73. The molecule has 0 spiro atoms. The van der Waals surface area contributed by atoms with Crippen LogP contribution in [0.1, 0.15) is 24.5 Å². The van der Waals surface area contributed by atoms with Gasteiger partial charge in [-0.05, 0) is 66.1 Å². The second-order valence-electron chi connectivity index (χ2n) is 7.06. The van der Waals surface area contributed by atoms with Crippen LogP contribution in [0.3, 0.4) is 0 Å². The minimum absolute atomic E-state index is 0.167. The maximum atomic E-state index is 13.1. The molecule has 30 heavy (non-hydrogen) atoms. The van der Waals surface area contributed by atoms with Gasteiger partial charge in [-0.15, -0.1) is 11.3 Å². The summed E-state index contributed by atoms with van der Waals surface area (Å²) < 4.78 is 56.0. The number of rotatable bonds is 6. The third-order valence-corrected chi connectivity index (χ3v) is 9.68. The largest absolute Gasteiger partial charge is 0.280 e. The van der Waals surface area contributed by atoms with Gasteiger partial charge in [-0.25, -0.2) is 16.8 Å². The van der Waals surface area contributed by atoms with Crippen molar-refractivity contribution in [1.29, 1.82) is 0 Å². The highest BCUT2D eigenvalue weighted by atomic mass is 32.2. The number of sulfonamides is 2. The van der Waals surface area contributed by atoms with Crippen LogP contribution in [0.25, 0.3) is 0 Å². The van der Waals surface area contributed by atoms with Gasteiger partial charge < -0.3 is 0 Å². The van der Waals surface area contributed by atoms with Gasteiger partial charge in [-0.1, -0.05) is 31.2 Å². The molecule has 1 N–H and O–H groups in total.